The standard InChI is InChI=1S/C10H4F10/c11-3-4-5(8(14,15)16)7(13)2-1-6(4,12)9(17,18)10(7,19)20/h1-3,5H/b4-3-/t5?,6-,7+/m1/s1. The highest BCUT2D eigenvalue weighted by Gasteiger charge is 2.89. The Labute approximate surface area is 104 Å². The SMILES string of the molecule is F/C=C1/C(C(F)(F)F)[C@@]2(F)C=C[C@]1(F)C(F)(F)C2(F)F. The van der Waals surface area contributed by atoms with Crippen molar-refractivity contribution in [2.75, 3.05) is 0 Å². The van der Waals surface area contributed by atoms with E-state index in [1.807, 2.05) is 0 Å². The molecule has 0 heterocycles. The lowest BCUT2D eigenvalue weighted by Gasteiger charge is -2.55. The van der Waals surface area contributed by atoms with Crippen LogP contribution >= 0.6 is 0 Å². The lowest BCUT2D eigenvalue weighted by Crippen LogP contribution is -2.76. The Bertz CT molecular complexity index is 501. The maximum atomic E-state index is 14.0. The molecule has 3 aliphatic rings. The van der Waals surface area contributed by atoms with Crippen molar-refractivity contribution in [3.63, 3.8) is 0 Å². The summed E-state index contributed by atoms with van der Waals surface area (Å²) >= 11 is 0. The average Bonchev–Trinajstić information content (AvgIpc) is 2.27. The number of hydrogen-bond acceptors (Lipinski definition) is 0. The quantitative estimate of drug-likeness (QED) is 0.462. The van der Waals surface area contributed by atoms with Crippen LogP contribution in [0.5, 0.6) is 0 Å². The van der Waals surface area contributed by atoms with Crippen LogP contribution in [0.3, 0.4) is 0 Å². The first-order chi connectivity index (χ1) is 8.77. The molecule has 0 aromatic rings. The van der Waals surface area contributed by atoms with Crippen LogP contribution in [0.4, 0.5) is 43.9 Å². The summed E-state index contributed by atoms with van der Waals surface area (Å²) in [7, 11) is 0. The largest absolute Gasteiger partial charge is 0.399 e. The molecule has 3 aliphatic carbocycles. The Morgan fingerprint density at radius 3 is 1.80 bits per heavy atom. The van der Waals surface area contributed by atoms with Crippen molar-refractivity contribution in [2.24, 2.45) is 5.92 Å². The van der Waals surface area contributed by atoms with E-state index in [0.29, 0.717) is 0 Å². The topological polar surface area (TPSA) is 0 Å². The number of alkyl halides is 9. The molecule has 1 unspecified atom stereocenters. The molecule has 0 saturated heterocycles. The minimum absolute atomic E-state index is 0.502. The molecule has 0 spiro atoms. The minimum Gasteiger partial charge on any atom is -0.231 e. The van der Waals surface area contributed by atoms with Gasteiger partial charge in [0.25, 0.3) is 0 Å². The first-order valence-corrected chi connectivity index (χ1v) is 4.98. The smallest absolute Gasteiger partial charge is 0.231 e. The van der Waals surface area contributed by atoms with Gasteiger partial charge in [-0.15, -0.1) is 0 Å². The molecule has 0 aromatic carbocycles. The molecular formula is C10H4F10. The van der Waals surface area contributed by atoms with E-state index < -0.39 is 59.3 Å². The number of allylic oxidation sites excluding steroid dienone is 3. The van der Waals surface area contributed by atoms with Crippen molar-refractivity contribution >= 4 is 0 Å². The van der Waals surface area contributed by atoms with Gasteiger partial charge >= 0.3 is 18.0 Å². The molecule has 0 radical (unpaired) electrons. The van der Waals surface area contributed by atoms with Crippen molar-refractivity contribution < 1.29 is 43.9 Å². The van der Waals surface area contributed by atoms with Gasteiger partial charge in [0, 0.05) is 5.57 Å². The second kappa shape index (κ2) is 3.51. The average molecular weight is 314 g/mol. The van der Waals surface area contributed by atoms with Gasteiger partial charge in [-0.3, -0.25) is 0 Å². The summed E-state index contributed by atoms with van der Waals surface area (Å²) in [6.07, 6.45) is -8.23. The molecule has 10 heteroatoms. The van der Waals surface area contributed by atoms with E-state index in [4.69, 9.17) is 0 Å². The van der Waals surface area contributed by atoms with Gasteiger partial charge in [0.05, 0.1) is 6.33 Å². The fraction of sp³-hybridized carbons (Fsp3) is 0.600. The van der Waals surface area contributed by atoms with E-state index >= 15 is 0 Å². The van der Waals surface area contributed by atoms with Crippen LogP contribution in [-0.2, 0) is 0 Å². The van der Waals surface area contributed by atoms with Crippen molar-refractivity contribution in [3.8, 4) is 0 Å². The fourth-order valence-corrected chi connectivity index (χ4v) is 2.46. The molecule has 0 N–H and O–H groups in total. The molecule has 114 valence electrons. The summed E-state index contributed by atoms with van der Waals surface area (Å²) < 4.78 is 132. The van der Waals surface area contributed by atoms with Gasteiger partial charge in [-0.2, -0.15) is 30.7 Å². The number of rotatable bonds is 0. The Morgan fingerprint density at radius 2 is 1.40 bits per heavy atom. The third-order valence-corrected chi connectivity index (χ3v) is 3.48. The van der Waals surface area contributed by atoms with Crippen LogP contribution in [0.25, 0.3) is 0 Å². The summed E-state index contributed by atoms with van der Waals surface area (Å²) in [4.78, 5) is 0. The maximum absolute atomic E-state index is 14.0. The zero-order chi connectivity index (χ0) is 15.8. The maximum Gasteiger partial charge on any atom is 0.399 e. The van der Waals surface area contributed by atoms with Crippen LogP contribution in [0.15, 0.2) is 24.1 Å². The Hall–Kier alpha value is -1.22. The third kappa shape index (κ3) is 1.30. The van der Waals surface area contributed by atoms with E-state index in [0.717, 1.165) is 0 Å². The van der Waals surface area contributed by atoms with Crippen LogP contribution in [0, 0.1) is 5.92 Å². The Morgan fingerprint density at radius 1 is 0.900 bits per heavy atom. The Balaban J connectivity index is 2.84. The number of hydrogen-bond donors (Lipinski definition) is 0. The van der Waals surface area contributed by atoms with Gasteiger partial charge < -0.3 is 0 Å². The lowest BCUT2D eigenvalue weighted by atomic mass is 9.58. The molecule has 1 fully saturated rings. The van der Waals surface area contributed by atoms with Gasteiger partial charge in [-0.05, 0) is 12.2 Å². The molecule has 3 rings (SSSR count). The highest BCUT2D eigenvalue weighted by Crippen LogP contribution is 2.69. The molecule has 0 aromatic heterocycles. The first kappa shape index (κ1) is 15.2. The molecule has 0 amide bonds. The monoisotopic (exact) mass is 314 g/mol. The van der Waals surface area contributed by atoms with Crippen LogP contribution in [-0.4, -0.2) is 29.4 Å². The van der Waals surface area contributed by atoms with Crippen molar-refractivity contribution in [1.82, 2.24) is 0 Å². The van der Waals surface area contributed by atoms with Crippen molar-refractivity contribution in [2.45, 2.75) is 29.4 Å². The fourth-order valence-electron chi connectivity index (χ4n) is 2.46. The van der Waals surface area contributed by atoms with E-state index in [2.05, 4.69) is 0 Å². The summed E-state index contributed by atoms with van der Waals surface area (Å²) in [5, 5.41) is 0. The van der Waals surface area contributed by atoms with Gasteiger partial charge in [0.15, 0.2) is 0 Å². The highest BCUT2D eigenvalue weighted by atomic mass is 19.4. The van der Waals surface area contributed by atoms with Crippen molar-refractivity contribution in [1.29, 1.82) is 0 Å². The molecule has 0 nitrogen and oxygen atoms in total. The van der Waals surface area contributed by atoms with Crippen LogP contribution in [0.2, 0.25) is 0 Å². The van der Waals surface area contributed by atoms with Crippen molar-refractivity contribution in [3.05, 3.63) is 24.1 Å². The van der Waals surface area contributed by atoms with E-state index in [9.17, 15) is 43.9 Å². The predicted molar refractivity (Wildman–Crippen MR) is 45.4 cm³/mol. The minimum atomic E-state index is -5.99. The zero-order valence-electron chi connectivity index (χ0n) is 9.09. The summed E-state index contributed by atoms with van der Waals surface area (Å²) in [5.41, 5.74) is -12.1. The van der Waals surface area contributed by atoms with Gasteiger partial charge in [-0.25, -0.2) is 13.2 Å². The molecule has 1 saturated carbocycles. The lowest BCUT2D eigenvalue weighted by molar-refractivity contribution is -0.350. The first-order valence-electron chi connectivity index (χ1n) is 4.98. The third-order valence-electron chi connectivity index (χ3n) is 3.48. The summed E-state index contributed by atoms with van der Waals surface area (Å²) in [5.74, 6) is -15.9. The van der Waals surface area contributed by atoms with E-state index in [1.54, 1.807) is 0 Å². The normalized spacial score (nSPS) is 44.1. The second-order valence-electron chi connectivity index (χ2n) is 4.50. The van der Waals surface area contributed by atoms with Gasteiger partial charge in [0.1, 0.15) is 5.92 Å². The van der Waals surface area contributed by atoms with Crippen LogP contribution < -0.4 is 0 Å². The van der Waals surface area contributed by atoms with Gasteiger partial charge in [0.2, 0.25) is 11.3 Å². The number of halogens is 10. The highest BCUT2D eigenvalue weighted by molar-refractivity contribution is 5.49. The predicted octanol–water partition coefficient (Wildman–Crippen LogP) is 4.29. The van der Waals surface area contributed by atoms with E-state index in [1.165, 1.54) is 0 Å². The van der Waals surface area contributed by atoms with Gasteiger partial charge in [-0.1, -0.05) is 0 Å². The molecule has 0 aliphatic heterocycles. The zero-order valence-corrected chi connectivity index (χ0v) is 9.09. The molecule has 3 atom stereocenters. The number of fused-ring (bicyclic) bond motifs is 2. The molecular weight excluding hydrogens is 310 g/mol. The Kier molecular flexibility index (Phi) is 2.66. The van der Waals surface area contributed by atoms with E-state index in [-0.39, 0.29) is 0 Å². The summed E-state index contributed by atoms with van der Waals surface area (Å²) in [6, 6.07) is 0. The van der Waals surface area contributed by atoms with Crippen LogP contribution in [0.1, 0.15) is 0 Å². The molecule has 20 heavy (non-hydrogen) atoms. The molecule has 2 bridgehead atoms. The second-order valence-corrected chi connectivity index (χ2v) is 4.50. The summed E-state index contributed by atoms with van der Waals surface area (Å²) in [6.45, 7) is 0.